The smallest absolute Gasteiger partial charge is 0.258 e. The molecule has 15 heavy (non-hydrogen) atoms. The minimum Gasteiger partial charge on any atom is -0.258 e. The third kappa shape index (κ3) is 3.72. The normalized spacial score (nSPS) is 10.3. The Labute approximate surface area is 98.0 Å². The molecule has 0 radical (unpaired) electrons. The highest BCUT2D eigenvalue weighted by atomic mass is 35.5. The number of aryl methyl sites for hydroxylation is 1. The van der Waals surface area contributed by atoms with Gasteiger partial charge in [-0.2, -0.15) is 0 Å². The zero-order valence-corrected chi connectivity index (χ0v) is 9.98. The predicted octanol–water partition coefficient (Wildman–Crippen LogP) is 3.62. The van der Waals surface area contributed by atoms with E-state index in [2.05, 4.69) is 0 Å². The van der Waals surface area contributed by atoms with Gasteiger partial charge < -0.3 is 0 Å². The van der Waals surface area contributed by atoms with E-state index in [1.807, 2.05) is 6.07 Å². The number of thioether (sulfide) groups is 1. The van der Waals surface area contributed by atoms with Crippen molar-refractivity contribution in [3.8, 4) is 0 Å². The van der Waals surface area contributed by atoms with Crippen LogP contribution in [0, 0.1) is 17.0 Å². The molecule has 3 nitrogen and oxygen atoms in total. The van der Waals surface area contributed by atoms with Gasteiger partial charge in [-0.3, -0.25) is 10.1 Å². The van der Waals surface area contributed by atoms with Gasteiger partial charge in [0.2, 0.25) is 0 Å². The number of rotatable bonds is 5. The summed E-state index contributed by atoms with van der Waals surface area (Å²) in [5.41, 5.74) is 0.882. The van der Waals surface area contributed by atoms with Crippen molar-refractivity contribution in [1.82, 2.24) is 0 Å². The van der Waals surface area contributed by atoms with E-state index in [4.69, 9.17) is 11.6 Å². The third-order valence-corrected chi connectivity index (χ3v) is 3.27. The standard InChI is InChI=1S/C10H12ClNO2S/c1-8-3-4-9(15-6-2-5-11)7-10(8)12(13)14/h3-4,7H,2,5-6H2,1H3. The van der Waals surface area contributed by atoms with Crippen molar-refractivity contribution in [2.75, 3.05) is 11.6 Å². The van der Waals surface area contributed by atoms with E-state index < -0.39 is 0 Å². The minimum absolute atomic E-state index is 0.186. The van der Waals surface area contributed by atoms with Crippen LogP contribution in [0.3, 0.4) is 0 Å². The lowest BCUT2D eigenvalue weighted by atomic mass is 10.2. The van der Waals surface area contributed by atoms with Crippen LogP contribution in [0.4, 0.5) is 5.69 Å². The van der Waals surface area contributed by atoms with E-state index in [9.17, 15) is 10.1 Å². The quantitative estimate of drug-likeness (QED) is 0.262. The third-order valence-electron chi connectivity index (χ3n) is 1.92. The highest BCUT2D eigenvalue weighted by molar-refractivity contribution is 7.99. The van der Waals surface area contributed by atoms with Crippen molar-refractivity contribution in [3.05, 3.63) is 33.9 Å². The van der Waals surface area contributed by atoms with Gasteiger partial charge in [0.05, 0.1) is 4.92 Å². The molecule has 1 aromatic carbocycles. The zero-order chi connectivity index (χ0) is 11.3. The lowest BCUT2D eigenvalue weighted by Gasteiger charge is -2.02. The van der Waals surface area contributed by atoms with Crippen LogP contribution in [0.5, 0.6) is 0 Å². The molecule has 0 spiro atoms. The first-order valence-electron chi connectivity index (χ1n) is 4.59. The lowest BCUT2D eigenvalue weighted by molar-refractivity contribution is -0.385. The number of nitrogens with zero attached hydrogens (tertiary/aromatic N) is 1. The van der Waals surface area contributed by atoms with E-state index in [1.165, 1.54) is 0 Å². The second kappa shape index (κ2) is 5.98. The van der Waals surface area contributed by atoms with Crippen molar-refractivity contribution in [1.29, 1.82) is 0 Å². The SMILES string of the molecule is Cc1ccc(SCCCCl)cc1[N+](=O)[O-]. The molecule has 0 saturated carbocycles. The van der Waals surface area contributed by atoms with Crippen LogP contribution in [0.15, 0.2) is 23.1 Å². The zero-order valence-electron chi connectivity index (χ0n) is 8.40. The molecule has 1 aromatic rings. The van der Waals surface area contributed by atoms with Gasteiger partial charge in [-0.05, 0) is 25.2 Å². The van der Waals surface area contributed by atoms with Crippen LogP contribution in [0.2, 0.25) is 0 Å². The van der Waals surface area contributed by atoms with Crippen LogP contribution in [0.1, 0.15) is 12.0 Å². The van der Waals surface area contributed by atoms with Crippen molar-refractivity contribution < 1.29 is 4.92 Å². The molecule has 1 rings (SSSR count). The van der Waals surface area contributed by atoms with Crippen LogP contribution in [-0.4, -0.2) is 16.6 Å². The molecule has 82 valence electrons. The first-order valence-corrected chi connectivity index (χ1v) is 6.11. The summed E-state index contributed by atoms with van der Waals surface area (Å²) in [6.07, 6.45) is 0.911. The highest BCUT2D eigenvalue weighted by Gasteiger charge is 2.10. The molecular weight excluding hydrogens is 234 g/mol. The molecule has 0 saturated heterocycles. The molecule has 0 atom stereocenters. The first kappa shape index (κ1) is 12.3. The summed E-state index contributed by atoms with van der Waals surface area (Å²) in [6, 6.07) is 5.30. The molecule has 0 aliphatic rings. The van der Waals surface area contributed by atoms with Crippen LogP contribution >= 0.6 is 23.4 Å². The minimum atomic E-state index is -0.346. The second-order valence-electron chi connectivity index (χ2n) is 3.10. The number of halogens is 1. The monoisotopic (exact) mass is 245 g/mol. The molecule has 0 fully saturated rings. The lowest BCUT2D eigenvalue weighted by Crippen LogP contribution is -1.92. The van der Waals surface area contributed by atoms with E-state index >= 15 is 0 Å². The van der Waals surface area contributed by atoms with Gasteiger partial charge in [0.1, 0.15) is 0 Å². The maximum absolute atomic E-state index is 10.7. The van der Waals surface area contributed by atoms with Gasteiger partial charge in [-0.15, -0.1) is 23.4 Å². The van der Waals surface area contributed by atoms with Gasteiger partial charge in [-0.25, -0.2) is 0 Å². The Morgan fingerprint density at radius 3 is 2.87 bits per heavy atom. The summed E-state index contributed by atoms with van der Waals surface area (Å²) in [5.74, 6) is 1.52. The number of alkyl halides is 1. The van der Waals surface area contributed by atoms with Gasteiger partial charge in [0, 0.05) is 22.4 Å². The number of nitro benzene ring substituents is 1. The fraction of sp³-hybridized carbons (Fsp3) is 0.400. The molecule has 5 heteroatoms. The largest absolute Gasteiger partial charge is 0.273 e. The van der Waals surface area contributed by atoms with Gasteiger partial charge in [-0.1, -0.05) is 6.07 Å². The summed E-state index contributed by atoms with van der Waals surface area (Å²) in [6.45, 7) is 1.74. The first-order chi connectivity index (χ1) is 7.15. The fourth-order valence-corrected chi connectivity index (χ4v) is 2.30. The summed E-state index contributed by atoms with van der Waals surface area (Å²) >= 11 is 7.15. The van der Waals surface area contributed by atoms with E-state index in [1.54, 1.807) is 30.8 Å². The molecule has 0 aromatic heterocycles. The van der Waals surface area contributed by atoms with Gasteiger partial charge >= 0.3 is 0 Å². The summed E-state index contributed by atoms with van der Waals surface area (Å²) in [7, 11) is 0. The Hall–Kier alpha value is -0.740. The molecule has 0 heterocycles. The summed E-state index contributed by atoms with van der Waals surface area (Å²) < 4.78 is 0. The van der Waals surface area contributed by atoms with Crippen LogP contribution in [0.25, 0.3) is 0 Å². The second-order valence-corrected chi connectivity index (χ2v) is 4.64. The Morgan fingerprint density at radius 1 is 1.53 bits per heavy atom. The summed E-state index contributed by atoms with van der Waals surface area (Å²) in [4.78, 5) is 11.3. The number of hydrogen-bond donors (Lipinski definition) is 0. The number of hydrogen-bond acceptors (Lipinski definition) is 3. The molecule has 0 unspecified atom stereocenters. The van der Waals surface area contributed by atoms with Crippen molar-refractivity contribution in [2.45, 2.75) is 18.2 Å². The fourth-order valence-electron chi connectivity index (χ4n) is 1.12. The Morgan fingerprint density at radius 2 is 2.27 bits per heavy atom. The maximum Gasteiger partial charge on any atom is 0.273 e. The Kier molecular flexibility index (Phi) is 4.91. The van der Waals surface area contributed by atoms with E-state index in [-0.39, 0.29) is 10.6 Å². The topological polar surface area (TPSA) is 43.1 Å². The van der Waals surface area contributed by atoms with E-state index in [0.717, 1.165) is 17.1 Å². The number of nitro groups is 1. The van der Waals surface area contributed by atoms with Crippen molar-refractivity contribution in [2.24, 2.45) is 0 Å². The van der Waals surface area contributed by atoms with Crippen LogP contribution < -0.4 is 0 Å². The van der Waals surface area contributed by atoms with Crippen molar-refractivity contribution in [3.63, 3.8) is 0 Å². The molecule has 0 aliphatic heterocycles. The highest BCUT2D eigenvalue weighted by Crippen LogP contribution is 2.26. The Balaban J connectivity index is 2.74. The van der Waals surface area contributed by atoms with Gasteiger partial charge in [0.25, 0.3) is 5.69 Å². The molecular formula is C10H12ClNO2S. The molecule has 0 amide bonds. The van der Waals surface area contributed by atoms with Crippen LogP contribution in [-0.2, 0) is 0 Å². The van der Waals surface area contributed by atoms with E-state index in [0.29, 0.717) is 11.4 Å². The molecule has 0 N–H and O–H groups in total. The summed E-state index contributed by atoms with van der Waals surface area (Å²) in [5, 5.41) is 10.7. The Bertz CT molecular complexity index is 357. The maximum atomic E-state index is 10.7. The van der Waals surface area contributed by atoms with Crippen molar-refractivity contribution >= 4 is 29.1 Å². The molecule has 0 aliphatic carbocycles. The van der Waals surface area contributed by atoms with Gasteiger partial charge in [0.15, 0.2) is 0 Å². The average Bonchev–Trinajstić information content (AvgIpc) is 2.20. The predicted molar refractivity (Wildman–Crippen MR) is 63.9 cm³/mol. The average molecular weight is 246 g/mol. The molecule has 0 bridgehead atoms. The number of benzene rings is 1.